The number of benzene rings is 1. The maximum Gasteiger partial charge on any atom is 0.314 e. The first-order valence-corrected chi connectivity index (χ1v) is 7.17. The molecule has 0 aliphatic heterocycles. The quantitative estimate of drug-likeness (QED) is 0.728. The normalized spacial score (nSPS) is 18.2. The summed E-state index contributed by atoms with van der Waals surface area (Å²) in [5.41, 5.74) is 7.41. The van der Waals surface area contributed by atoms with Crippen molar-refractivity contribution in [3.05, 3.63) is 44.5 Å². The van der Waals surface area contributed by atoms with Crippen molar-refractivity contribution in [3.63, 3.8) is 0 Å². The van der Waals surface area contributed by atoms with Gasteiger partial charge in [-0.25, -0.2) is 0 Å². The van der Waals surface area contributed by atoms with Crippen LogP contribution in [0, 0.1) is 5.92 Å². The summed E-state index contributed by atoms with van der Waals surface area (Å²) >= 11 is 0. The van der Waals surface area contributed by atoms with Gasteiger partial charge in [-0.3, -0.25) is 9.59 Å². The third-order valence-electron chi connectivity index (χ3n) is 4.29. The molecule has 1 heterocycles. The number of hydrogen-bond donors (Lipinski definition) is 3. The van der Waals surface area contributed by atoms with Gasteiger partial charge in [0.05, 0.1) is 11.0 Å². The number of nitrogens with two attached hydrogens (primary N) is 1. The molecule has 1 unspecified atom stereocenters. The fraction of sp³-hybridized carbons (Fsp3) is 0.467. The Hall–Kier alpha value is -1.88. The highest BCUT2D eigenvalue weighted by molar-refractivity contribution is 5.74. The Morgan fingerprint density at radius 2 is 1.65 bits per heavy atom. The summed E-state index contributed by atoms with van der Waals surface area (Å²) in [6.45, 7) is 0. The third kappa shape index (κ3) is 2.41. The van der Waals surface area contributed by atoms with Crippen LogP contribution in [0.15, 0.2) is 27.8 Å². The molecular weight excluding hydrogens is 254 g/mol. The van der Waals surface area contributed by atoms with Crippen LogP contribution in [0.2, 0.25) is 0 Å². The largest absolute Gasteiger partial charge is 0.324 e. The fourth-order valence-electron chi connectivity index (χ4n) is 3.11. The molecule has 0 saturated heterocycles. The van der Waals surface area contributed by atoms with Crippen LogP contribution in [0.1, 0.15) is 43.7 Å². The molecule has 0 bridgehead atoms. The number of H-pyrrole nitrogens is 2. The molecule has 20 heavy (non-hydrogen) atoms. The van der Waals surface area contributed by atoms with E-state index in [4.69, 9.17) is 5.73 Å². The van der Waals surface area contributed by atoms with Crippen LogP contribution in [-0.4, -0.2) is 9.97 Å². The molecule has 106 valence electrons. The molecule has 1 aromatic carbocycles. The van der Waals surface area contributed by atoms with Gasteiger partial charge in [0.1, 0.15) is 0 Å². The van der Waals surface area contributed by atoms with Gasteiger partial charge < -0.3 is 15.7 Å². The number of hydrogen-bond acceptors (Lipinski definition) is 3. The monoisotopic (exact) mass is 273 g/mol. The van der Waals surface area contributed by atoms with Gasteiger partial charge in [-0.05, 0) is 36.5 Å². The maximum atomic E-state index is 11.4. The highest BCUT2D eigenvalue weighted by atomic mass is 16.2. The molecule has 2 aromatic rings. The molecule has 1 atom stereocenters. The summed E-state index contributed by atoms with van der Waals surface area (Å²) in [7, 11) is 0. The second kappa shape index (κ2) is 5.25. The zero-order valence-electron chi connectivity index (χ0n) is 11.3. The first-order chi connectivity index (χ1) is 9.65. The summed E-state index contributed by atoms with van der Waals surface area (Å²) in [4.78, 5) is 27.8. The summed E-state index contributed by atoms with van der Waals surface area (Å²) in [6, 6.07) is 5.63. The maximum absolute atomic E-state index is 11.4. The molecule has 4 N–H and O–H groups in total. The second-order valence-corrected chi connectivity index (χ2v) is 5.64. The van der Waals surface area contributed by atoms with Crippen LogP contribution in [0.25, 0.3) is 11.0 Å². The average molecular weight is 273 g/mol. The van der Waals surface area contributed by atoms with E-state index < -0.39 is 11.1 Å². The van der Waals surface area contributed by atoms with Crippen LogP contribution in [0.5, 0.6) is 0 Å². The molecule has 1 aliphatic carbocycles. The Morgan fingerprint density at radius 1 is 1.00 bits per heavy atom. The summed E-state index contributed by atoms with van der Waals surface area (Å²) < 4.78 is 0. The molecule has 0 radical (unpaired) electrons. The molecule has 1 aliphatic rings. The Kier molecular flexibility index (Phi) is 3.44. The van der Waals surface area contributed by atoms with Crippen molar-refractivity contribution in [2.24, 2.45) is 11.7 Å². The van der Waals surface area contributed by atoms with Crippen molar-refractivity contribution in [1.29, 1.82) is 0 Å². The lowest BCUT2D eigenvalue weighted by atomic mass is 9.81. The fourth-order valence-corrected chi connectivity index (χ4v) is 3.11. The molecule has 1 fully saturated rings. The zero-order valence-corrected chi connectivity index (χ0v) is 11.3. The van der Waals surface area contributed by atoms with Gasteiger partial charge in [0.2, 0.25) is 0 Å². The van der Waals surface area contributed by atoms with E-state index in [1.807, 2.05) is 18.2 Å². The minimum absolute atomic E-state index is 0.00451. The standard InChI is InChI=1S/C15H19N3O2/c16-13(9-4-2-1-3-5-9)10-6-7-11-12(8-10)18-15(20)14(19)17-11/h6-9,13H,1-5,16H2,(H,17,19)(H,18,20). The van der Waals surface area contributed by atoms with E-state index in [1.54, 1.807) is 0 Å². The van der Waals surface area contributed by atoms with Crippen molar-refractivity contribution in [2.75, 3.05) is 0 Å². The van der Waals surface area contributed by atoms with E-state index in [1.165, 1.54) is 32.1 Å². The molecule has 0 amide bonds. The Labute approximate surface area is 116 Å². The lowest BCUT2D eigenvalue weighted by molar-refractivity contribution is 0.308. The van der Waals surface area contributed by atoms with Gasteiger partial charge in [-0.1, -0.05) is 25.3 Å². The smallest absolute Gasteiger partial charge is 0.314 e. The highest BCUT2D eigenvalue weighted by Crippen LogP contribution is 2.33. The molecule has 1 aromatic heterocycles. The average Bonchev–Trinajstić information content (AvgIpc) is 2.48. The van der Waals surface area contributed by atoms with Crippen LogP contribution in [0.4, 0.5) is 0 Å². The first kappa shape index (κ1) is 13.1. The van der Waals surface area contributed by atoms with Gasteiger partial charge in [-0.15, -0.1) is 0 Å². The van der Waals surface area contributed by atoms with E-state index in [2.05, 4.69) is 9.97 Å². The van der Waals surface area contributed by atoms with E-state index in [9.17, 15) is 9.59 Å². The lowest BCUT2D eigenvalue weighted by Gasteiger charge is -2.27. The molecular formula is C15H19N3O2. The highest BCUT2D eigenvalue weighted by Gasteiger charge is 2.22. The minimum Gasteiger partial charge on any atom is -0.324 e. The number of fused-ring (bicyclic) bond motifs is 1. The van der Waals surface area contributed by atoms with E-state index in [-0.39, 0.29) is 6.04 Å². The first-order valence-electron chi connectivity index (χ1n) is 7.17. The van der Waals surface area contributed by atoms with Crippen molar-refractivity contribution in [2.45, 2.75) is 38.1 Å². The summed E-state index contributed by atoms with van der Waals surface area (Å²) in [5, 5.41) is 0. The Morgan fingerprint density at radius 3 is 2.35 bits per heavy atom. The van der Waals surface area contributed by atoms with Crippen LogP contribution >= 0.6 is 0 Å². The van der Waals surface area contributed by atoms with Gasteiger partial charge >= 0.3 is 11.1 Å². The van der Waals surface area contributed by atoms with Gasteiger partial charge in [0.25, 0.3) is 0 Å². The minimum atomic E-state index is -0.624. The van der Waals surface area contributed by atoms with Crippen molar-refractivity contribution < 1.29 is 0 Å². The topological polar surface area (TPSA) is 91.7 Å². The van der Waals surface area contributed by atoms with E-state index in [0.717, 1.165) is 5.56 Å². The SMILES string of the molecule is NC(c1ccc2[nH]c(=O)c(=O)[nH]c2c1)C1CCCCC1. The number of nitrogens with one attached hydrogen (secondary N) is 2. The Balaban J connectivity index is 1.97. The molecule has 5 heteroatoms. The molecule has 3 rings (SSSR count). The number of aromatic nitrogens is 2. The summed E-state index contributed by atoms with van der Waals surface area (Å²) in [5.74, 6) is 0.510. The second-order valence-electron chi connectivity index (χ2n) is 5.64. The van der Waals surface area contributed by atoms with Crippen molar-refractivity contribution >= 4 is 11.0 Å². The molecule has 5 nitrogen and oxygen atoms in total. The predicted octanol–water partition coefficient (Wildman–Crippen LogP) is 1.80. The van der Waals surface area contributed by atoms with Crippen LogP contribution in [0.3, 0.4) is 0 Å². The number of rotatable bonds is 2. The van der Waals surface area contributed by atoms with E-state index in [0.29, 0.717) is 17.0 Å². The Bertz CT molecular complexity index is 726. The van der Waals surface area contributed by atoms with E-state index >= 15 is 0 Å². The predicted molar refractivity (Wildman–Crippen MR) is 78.7 cm³/mol. The van der Waals surface area contributed by atoms with Crippen molar-refractivity contribution in [1.82, 2.24) is 9.97 Å². The lowest BCUT2D eigenvalue weighted by Crippen LogP contribution is -2.29. The van der Waals surface area contributed by atoms with Gasteiger partial charge in [0, 0.05) is 6.04 Å². The third-order valence-corrected chi connectivity index (χ3v) is 4.29. The van der Waals surface area contributed by atoms with Crippen molar-refractivity contribution in [3.8, 4) is 0 Å². The number of aromatic amines is 2. The summed E-state index contributed by atoms with van der Waals surface area (Å²) in [6.07, 6.45) is 6.13. The van der Waals surface area contributed by atoms with Crippen LogP contribution < -0.4 is 16.9 Å². The zero-order chi connectivity index (χ0) is 14.1. The van der Waals surface area contributed by atoms with Gasteiger partial charge in [-0.2, -0.15) is 0 Å². The molecule has 0 spiro atoms. The van der Waals surface area contributed by atoms with Gasteiger partial charge in [0.15, 0.2) is 0 Å². The molecule has 1 saturated carbocycles. The van der Waals surface area contributed by atoms with Crippen LogP contribution in [-0.2, 0) is 0 Å².